The number of esters is 1. The first-order valence-corrected chi connectivity index (χ1v) is 17.7. The van der Waals surface area contributed by atoms with Gasteiger partial charge in [0.15, 0.2) is 5.78 Å². The number of benzene rings is 2. The fraction of sp³-hybridized carbons (Fsp3) is 0.364. The van der Waals surface area contributed by atoms with E-state index in [9.17, 15) is 28.8 Å². The van der Waals surface area contributed by atoms with E-state index in [0.717, 1.165) is 11.3 Å². The summed E-state index contributed by atoms with van der Waals surface area (Å²) in [7, 11) is 2.82. The number of ether oxygens (including phenoxy) is 1. The van der Waals surface area contributed by atoms with Crippen LogP contribution in [0.4, 0.5) is 11.6 Å². The van der Waals surface area contributed by atoms with Gasteiger partial charge in [-0.1, -0.05) is 33.6 Å². The molecule has 0 spiro atoms. The first kappa shape index (κ1) is 38.4. The van der Waals surface area contributed by atoms with E-state index in [2.05, 4.69) is 26.5 Å². The summed E-state index contributed by atoms with van der Waals surface area (Å²) in [6.45, 7) is 2.42. The van der Waals surface area contributed by atoms with E-state index in [1.165, 1.54) is 28.5 Å². The second-order valence-corrected chi connectivity index (χ2v) is 13.4. The zero-order chi connectivity index (χ0) is 35.8. The number of hydrogen-bond donors (Lipinski definition) is 5. The van der Waals surface area contributed by atoms with Crippen LogP contribution in [-0.4, -0.2) is 81.9 Å². The Morgan fingerprint density at radius 3 is 2.53 bits per heavy atom. The number of carboxylic acids is 1. The van der Waals surface area contributed by atoms with Crippen molar-refractivity contribution in [3.8, 4) is 12.3 Å². The van der Waals surface area contributed by atoms with Gasteiger partial charge in [0.1, 0.15) is 6.61 Å². The van der Waals surface area contributed by atoms with Gasteiger partial charge in [-0.05, 0) is 55.3 Å². The Bertz CT molecular complexity index is 1740. The molecule has 2 aromatic carbocycles. The number of carboxylic acid groups (broad SMARTS) is 1. The molecule has 3 rings (SSSR count). The van der Waals surface area contributed by atoms with Crippen LogP contribution < -0.4 is 26.8 Å². The molecule has 3 aromatic rings. The fourth-order valence-corrected chi connectivity index (χ4v) is 6.30. The van der Waals surface area contributed by atoms with E-state index in [0.29, 0.717) is 47.5 Å². The van der Waals surface area contributed by atoms with Gasteiger partial charge >= 0.3 is 11.9 Å². The number of nitrogen functional groups attached to an aromatic ring is 1. The highest BCUT2D eigenvalue weighted by atomic mass is 33.1. The molecule has 260 valence electrons. The van der Waals surface area contributed by atoms with Gasteiger partial charge in [-0.25, -0.2) is 4.98 Å². The zero-order valence-corrected chi connectivity index (χ0v) is 28.5. The number of amides is 2. The lowest BCUT2D eigenvalue weighted by molar-refractivity contribution is -0.143. The lowest BCUT2D eigenvalue weighted by atomic mass is 10.1. The summed E-state index contributed by atoms with van der Waals surface area (Å²) in [6, 6.07) is 11.2. The highest BCUT2D eigenvalue weighted by Crippen LogP contribution is 2.22. The van der Waals surface area contributed by atoms with Crippen LogP contribution in [0.2, 0.25) is 0 Å². The molecule has 0 radical (unpaired) electrons. The second-order valence-electron chi connectivity index (χ2n) is 10.7. The SMILES string of the molecule is C#CCN(Cc1ccc2nc(N)[nH]c(=O)c2c1)c1ccc(C(=O)NCCCC(=O)OCCSSCCC(=O)N[C@@H](CC(=O)O)C(C)=O)cc1. The molecule has 6 N–H and O–H groups in total. The van der Waals surface area contributed by atoms with Crippen molar-refractivity contribution in [3.63, 3.8) is 0 Å². The molecule has 0 aliphatic carbocycles. The number of carbonyl (C=O) groups excluding carboxylic acids is 4. The number of anilines is 2. The first-order valence-electron chi connectivity index (χ1n) is 15.2. The number of hydrogen-bond acceptors (Lipinski definition) is 12. The average molecular weight is 711 g/mol. The van der Waals surface area contributed by atoms with E-state index >= 15 is 0 Å². The van der Waals surface area contributed by atoms with Crippen molar-refractivity contribution in [1.82, 2.24) is 20.6 Å². The van der Waals surface area contributed by atoms with Gasteiger partial charge in [0.05, 0.1) is 29.9 Å². The molecule has 0 saturated heterocycles. The summed E-state index contributed by atoms with van der Waals surface area (Å²) < 4.78 is 5.20. The second kappa shape index (κ2) is 19.7. The number of rotatable bonds is 20. The molecule has 0 fully saturated rings. The maximum Gasteiger partial charge on any atom is 0.305 e. The molecule has 1 heterocycles. The summed E-state index contributed by atoms with van der Waals surface area (Å²) >= 11 is 0. The predicted molar refractivity (Wildman–Crippen MR) is 190 cm³/mol. The number of aromatic nitrogens is 2. The highest BCUT2D eigenvalue weighted by molar-refractivity contribution is 8.76. The molecule has 1 aromatic heterocycles. The first-order chi connectivity index (χ1) is 23.5. The van der Waals surface area contributed by atoms with Gasteiger partial charge in [-0.2, -0.15) is 0 Å². The van der Waals surface area contributed by atoms with Gasteiger partial charge in [0.2, 0.25) is 11.9 Å². The van der Waals surface area contributed by atoms with Crippen molar-refractivity contribution in [2.24, 2.45) is 0 Å². The van der Waals surface area contributed by atoms with Crippen LogP contribution >= 0.6 is 21.6 Å². The molecule has 2 amide bonds. The number of terminal acetylenes is 1. The van der Waals surface area contributed by atoms with Crippen molar-refractivity contribution in [2.45, 2.75) is 45.2 Å². The number of fused-ring (bicyclic) bond motifs is 1. The third kappa shape index (κ3) is 13.2. The zero-order valence-electron chi connectivity index (χ0n) is 26.9. The molecule has 0 bridgehead atoms. The largest absolute Gasteiger partial charge is 0.481 e. The van der Waals surface area contributed by atoms with Crippen LogP contribution in [0.5, 0.6) is 0 Å². The van der Waals surface area contributed by atoms with Crippen LogP contribution in [0, 0.1) is 12.3 Å². The normalized spacial score (nSPS) is 11.3. The lowest BCUT2D eigenvalue weighted by Gasteiger charge is -2.23. The quantitative estimate of drug-likeness (QED) is 0.0494. The molecule has 49 heavy (non-hydrogen) atoms. The monoisotopic (exact) mass is 710 g/mol. The van der Waals surface area contributed by atoms with Crippen LogP contribution in [0.3, 0.4) is 0 Å². The van der Waals surface area contributed by atoms with E-state index in [1.54, 1.807) is 36.4 Å². The number of aromatic amines is 1. The van der Waals surface area contributed by atoms with Crippen molar-refractivity contribution in [2.75, 3.05) is 41.8 Å². The average Bonchev–Trinajstić information content (AvgIpc) is 3.05. The number of ketones is 1. The van der Waals surface area contributed by atoms with E-state index in [1.807, 2.05) is 11.0 Å². The van der Waals surface area contributed by atoms with Gasteiger partial charge in [0.25, 0.3) is 11.5 Å². The Morgan fingerprint density at radius 2 is 1.84 bits per heavy atom. The molecular weight excluding hydrogens is 673 g/mol. The molecule has 16 heteroatoms. The number of aliphatic carboxylic acids is 1. The minimum absolute atomic E-state index is 0.0484. The minimum atomic E-state index is -1.17. The molecule has 0 aliphatic heterocycles. The third-order valence-corrected chi connectivity index (χ3v) is 9.28. The van der Waals surface area contributed by atoms with Gasteiger partial charge in [0, 0.05) is 48.7 Å². The Morgan fingerprint density at radius 1 is 1.10 bits per heavy atom. The number of nitrogens with two attached hydrogens (primary N) is 1. The van der Waals surface area contributed by atoms with Crippen LogP contribution in [0.15, 0.2) is 47.3 Å². The third-order valence-electron chi connectivity index (χ3n) is 6.91. The smallest absolute Gasteiger partial charge is 0.305 e. The van der Waals surface area contributed by atoms with Crippen LogP contribution in [-0.2, 0) is 30.5 Å². The molecule has 0 unspecified atom stereocenters. The molecular formula is C33H38N6O8S2. The summed E-state index contributed by atoms with van der Waals surface area (Å²) in [6.07, 6.45) is 5.80. The molecule has 1 atom stereocenters. The van der Waals surface area contributed by atoms with Gasteiger partial charge in [-0.3, -0.25) is 33.8 Å². The van der Waals surface area contributed by atoms with Gasteiger partial charge in [-0.15, -0.1) is 6.42 Å². The number of Topliss-reactive ketones (excluding diaryl/α,β-unsaturated/α-hetero) is 1. The van der Waals surface area contributed by atoms with Gasteiger partial charge < -0.3 is 31.1 Å². The predicted octanol–water partition coefficient (Wildman–Crippen LogP) is 2.52. The fourth-order valence-electron chi connectivity index (χ4n) is 4.48. The summed E-state index contributed by atoms with van der Waals surface area (Å²) in [5.74, 6) is 0.968. The van der Waals surface area contributed by atoms with Crippen molar-refractivity contribution >= 4 is 73.7 Å². The van der Waals surface area contributed by atoms with Crippen LogP contribution in [0.1, 0.15) is 48.5 Å². The Balaban J connectivity index is 1.32. The number of nitrogens with zero attached hydrogens (tertiary/aromatic N) is 2. The standard InChI is InChI=1S/C33H38N6O8S2/c1-3-14-39(20-22-6-11-26-25(18-22)32(46)38-33(34)37-26)24-9-7-23(8-10-24)31(45)35-13-4-5-30(44)47-15-17-49-48-16-12-28(41)36-27(21(2)40)19-29(42)43/h1,6-11,18,27H,4-5,12-17,19-20H2,2H3,(H,35,45)(H,36,41)(H,42,43)(H3,34,37,38,46)/t27-/m0/s1. The van der Waals surface area contributed by atoms with E-state index < -0.39 is 30.1 Å². The summed E-state index contributed by atoms with van der Waals surface area (Å²) in [4.78, 5) is 79.7. The van der Waals surface area contributed by atoms with Crippen molar-refractivity contribution in [3.05, 3.63) is 63.9 Å². The Labute approximate surface area is 290 Å². The summed E-state index contributed by atoms with van der Waals surface area (Å²) in [5.41, 5.74) is 7.87. The number of carbonyl (C=O) groups is 5. The molecule has 0 saturated carbocycles. The van der Waals surface area contributed by atoms with Crippen LogP contribution in [0.25, 0.3) is 10.9 Å². The molecule has 0 aliphatic rings. The van der Waals surface area contributed by atoms with Crippen molar-refractivity contribution in [1.29, 1.82) is 0 Å². The Kier molecular flexibility index (Phi) is 15.5. The summed E-state index contributed by atoms with van der Waals surface area (Å²) in [5, 5.41) is 14.5. The van der Waals surface area contributed by atoms with Crippen molar-refractivity contribution < 1.29 is 33.8 Å². The maximum absolute atomic E-state index is 12.6. The highest BCUT2D eigenvalue weighted by Gasteiger charge is 2.20. The number of H-pyrrole nitrogens is 1. The van der Waals surface area contributed by atoms with E-state index in [4.69, 9.17) is 22.0 Å². The molecule has 14 nitrogen and oxygen atoms in total. The van der Waals surface area contributed by atoms with E-state index in [-0.39, 0.29) is 49.4 Å². The Hall–Kier alpha value is -5.01. The lowest BCUT2D eigenvalue weighted by Crippen LogP contribution is -2.41. The maximum atomic E-state index is 12.6. The topological polar surface area (TPSA) is 214 Å². The minimum Gasteiger partial charge on any atom is -0.481 e. The number of nitrogens with one attached hydrogen (secondary N) is 3.